The highest BCUT2D eigenvalue weighted by Crippen LogP contribution is 2.33. The molecule has 3 nitrogen and oxygen atoms in total. The zero-order valence-electron chi connectivity index (χ0n) is 11.3. The maximum Gasteiger partial charge on any atom is 0.119 e. The Bertz CT molecular complexity index is 392. The van der Waals surface area contributed by atoms with Gasteiger partial charge in [0.15, 0.2) is 0 Å². The molecule has 2 atom stereocenters. The molecule has 2 unspecified atom stereocenters. The fourth-order valence-corrected chi connectivity index (χ4v) is 2.63. The molecule has 0 radical (unpaired) electrons. The number of ether oxygens (including phenoxy) is 1. The Kier molecular flexibility index (Phi) is 4.61. The fourth-order valence-electron chi connectivity index (χ4n) is 2.63. The molecule has 1 aliphatic rings. The van der Waals surface area contributed by atoms with Gasteiger partial charge in [0.25, 0.3) is 0 Å². The minimum atomic E-state index is -0.232. The fraction of sp³-hybridized carbons (Fsp3) is 0.600. The molecular formula is C15H23NO2. The third-order valence-electron chi connectivity index (χ3n) is 3.65. The van der Waals surface area contributed by atoms with Gasteiger partial charge in [-0.2, -0.15) is 0 Å². The van der Waals surface area contributed by atoms with Crippen LogP contribution in [0.4, 0.5) is 0 Å². The summed E-state index contributed by atoms with van der Waals surface area (Å²) >= 11 is 0. The number of rotatable bonds is 6. The molecule has 1 aromatic rings. The number of methoxy groups -OCH3 is 1. The Hall–Kier alpha value is -1.06. The standard InChI is InChI=1S/C15H23NO2/c1-3-4-12(17)10-16-15-8-6-11-5-7-13(18-2)9-14(11)15/h5,7,9,12,15-17H,3-4,6,8,10H2,1-2H3. The van der Waals surface area contributed by atoms with Gasteiger partial charge >= 0.3 is 0 Å². The van der Waals surface area contributed by atoms with Gasteiger partial charge in [-0.05, 0) is 42.5 Å². The summed E-state index contributed by atoms with van der Waals surface area (Å²) in [7, 11) is 1.70. The van der Waals surface area contributed by atoms with E-state index in [0.29, 0.717) is 12.6 Å². The summed E-state index contributed by atoms with van der Waals surface area (Å²) < 4.78 is 5.27. The zero-order chi connectivity index (χ0) is 13.0. The van der Waals surface area contributed by atoms with E-state index in [-0.39, 0.29) is 6.10 Å². The zero-order valence-corrected chi connectivity index (χ0v) is 11.3. The van der Waals surface area contributed by atoms with Crippen LogP contribution in [0.1, 0.15) is 43.4 Å². The van der Waals surface area contributed by atoms with E-state index in [1.54, 1.807) is 7.11 Å². The first-order valence-corrected chi connectivity index (χ1v) is 6.82. The lowest BCUT2D eigenvalue weighted by Crippen LogP contribution is -2.29. The molecule has 1 aromatic carbocycles. The van der Waals surface area contributed by atoms with E-state index in [2.05, 4.69) is 24.4 Å². The largest absolute Gasteiger partial charge is 0.497 e. The normalized spacial score (nSPS) is 19.6. The van der Waals surface area contributed by atoms with Gasteiger partial charge in [0.05, 0.1) is 13.2 Å². The van der Waals surface area contributed by atoms with Crippen molar-refractivity contribution in [3.63, 3.8) is 0 Å². The predicted octanol–water partition coefficient (Wildman–Crippen LogP) is 2.43. The van der Waals surface area contributed by atoms with Crippen molar-refractivity contribution < 1.29 is 9.84 Å². The summed E-state index contributed by atoms with van der Waals surface area (Å²) in [5.74, 6) is 0.913. The minimum Gasteiger partial charge on any atom is -0.497 e. The monoisotopic (exact) mass is 249 g/mol. The molecule has 0 aliphatic heterocycles. The van der Waals surface area contributed by atoms with Crippen molar-refractivity contribution in [3.05, 3.63) is 29.3 Å². The summed E-state index contributed by atoms with van der Waals surface area (Å²) in [5, 5.41) is 13.2. The van der Waals surface area contributed by atoms with Gasteiger partial charge in [-0.25, -0.2) is 0 Å². The molecule has 0 bridgehead atoms. The van der Waals surface area contributed by atoms with Gasteiger partial charge in [-0.15, -0.1) is 0 Å². The Balaban J connectivity index is 1.97. The van der Waals surface area contributed by atoms with Gasteiger partial charge in [-0.1, -0.05) is 19.4 Å². The van der Waals surface area contributed by atoms with Gasteiger partial charge < -0.3 is 15.2 Å². The lowest BCUT2D eigenvalue weighted by atomic mass is 10.1. The summed E-state index contributed by atoms with van der Waals surface area (Å²) in [4.78, 5) is 0. The number of aliphatic hydroxyl groups excluding tert-OH is 1. The molecule has 0 saturated heterocycles. The second kappa shape index (κ2) is 6.21. The van der Waals surface area contributed by atoms with E-state index in [4.69, 9.17) is 4.74 Å². The van der Waals surface area contributed by atoms with Crippen LogP contribution in [0.25, 0.3) is 0 Å². The van der Waals surface area contributed by atoms with Crippen LogP contribution in [0, 0.1) is 0 Å². The predicted molar refractivity (Wildman–Crippen MR) is 73.0 cm³/mol. The van der Waals surface area contributed by atoms with Crippen LogP contribution in [-0.4, -0.2) is 24.9 Å². The Morgan fingerprint density at radius 2 is 2.33 bits per heavy atom. The molecule has 1 aliphatic carbocycles. The van der Waals surface area contributed by atoms with Crippen molar-refractivity contribution >= 4 is 0 Å². The first-order valence-electron chi connectivity index (χ1n) is 6.82. The van der Waals surface area contributed by atoms with Crippen LogP contribution in [0.2, 0.25) is 0 Å². The van der Waals surface area contributed by atoms with E-state index >= 15 is 0 Å². The molecule has 0 fully saturated rings. The lowest BCUT2D eigenvalue weighted by molar-refractivity contribution is 0.156. The average Bonchev–Trinajstić information content (AvgIpc) is 2.79. The Morgan fingerprint density at radius 1 is 1.50 bits per heavy atom. The van der Waals surface area contributed by atoms with E-state index in [9.17, 15) is 5.11 Å². The molecule has 100 valence electrons. The molecule has 0 aromatic heterocycles. The second-order valence-electron chi connectivity index (χ2n) is 5.01. The number of benzene rings is 1. The van der Waals surface area contributed by atoms with Crippen LogP contribution in [0.3, 0.4) is 0 Å². The van der Waals surface area contributed by atoms with E-state index in [1.165, 1.54) is 11.1 Å². The van der Waals surface area contributed by atoms with Crippen molar-refractivity contribution in [2.24, 2.45) is 0 Å². The number of aliphatic hydroxyl groups is 1. The topological polar surface area (TPSA) is 41.5 Å². The van der Waals surface area contributed by atoms with Crippen molar-refractivity contribution in [2.45, 2.75) is 44.8 Å². The highest BCUT2D eigenvalue weighted by molar-refractivity contribution is 5.40. The summed E-state index contributed by atoms with van der Waals surface area (Å²) in [5.41, 5.74) is 2.73. The molecule has 0 spiro atoms. The molecule has 2 rings (SSSR count). The smallest absolute Gasteiger partial charge is 0.119 e. The number of fused-ring (bicyclic) bond motifs is 1. The third kappa shape index (κ3) is 3.03. The van der Waals surface area contributed by atoms with Crippen molar-refractivity contribution in [2.75, 3.05) is 13.7 Å². The van der Waals surface area contributed by atoms with Crippen molar-refractivity contribution in [1.82, 2.24) is 5.32 Å². The number of hydrogen-bond acceptors (Lipinski definition) is 3. The summed E-state index contributed by atoms with van der Waals surface area (Å²) in [6.07, 6.45) is 3.88. The van der Waals surface area contributed by atoms with Crippen LogP contribution in [0.5, 0.6) is 5.75 Å². The van der Waals surface area contributed by atoms with Crippen LogP contribution >= 0.6 is 0 Å². The number of aryl methyl sites for hydroxylation is 1. The van der Waals surface area contributed by atoms with Crippen LogP contribution in [-0.2, 0) is 6.42 Å². The number of hydrogen-bond donors (Lipinski definition) is 2. The Labute approximate surface area is 109 Å². The van der Waals surface area contributed by atoms with Crippen LogP contribution < -0.4 is 10.1 Å². The molecule has 18 heavy (non-hydrogen) atoms. The first kappa shape index (κ1) is 13.4. The van der Waals surface area contributed by atoms with Crippen LogP contribution in [0.15, 0.2) is 18.2 Å². The summed E-state index contributed by atoms with van der Waals surface area (Å²) in [6, 6.07) is 6.65. The maximum absolute atomic E-state index is 9.77. The average molecular weight is 249 g/mol. The highest BCUT2D eigenvalue weighted by Gasteiger charge is 2.22. The molecule has 3 heteroatoms. The van der Waals surface area contributed by atoms with Gasteiger partial charge in [0.1, 0.15) is 5.75 Å². The van der Waals surface area contributed by atoms with Crippen molar-refractivity contribution in [3.8, 4) is 5.75 Å². The van der Waals surface area contributed by atoms with Gasteiger partial charge in [-0.3, -0.25) is 0 Å². The molecule has 0 heterocycles. The van der Waals surface area contributed by atoms with E-state index < -0.39 is 0 Å². The summed E-state index contributed by atoms with van der Waals surface area (Å²) in [6.45, 7) is 2.77. The van der Waals surface area contributed by atoms with Crippen molar-refractivity contribution in [1.29, 1.82) is 0 Å². The Morgan fingerprint density at radius 3 is 3.06 bits per heavy atom. The van der Waals surface area contributed by atoms with Gasteiger partial charge in [0.2, 0.25) is 0 Å². The first-order chi connectivity index (χ1) is 8.74. The SMILES string of the molecule is CCCC(O)CNC1CCc2ccc(OC)cc21. The molecule has 2 N–H and O–H groups in total. The molecule has 0 amide bonds. The maximum atomic E-state index is 9.77. The van der Waals surface area contributed by atoms with Gasteiger partial charge in [0, 0.05) is 12.6 Å². The third-order valence-corrected chi connectivity index (χ3v) is 3.65. The van der Waals surface area contributed by atoms with E-state index in [1.807, 2.05) is 6.07 Å². The highest BCUT2D eigenvalue weighted by atomic mass is 16.5. The molecule has 0 saturated carbocycles. The lowest BCUT2D eigenvalue weighted by Gasteiger charge is -2.17. The second-order valence-corrected chi connectivity index (χ2v) is 5.01. The number of nitrogens with one attached hydrogen (secondary N) is 1. The quantitative estimate of drug-likeness (QED) is 0.813. The minimum absolute atomic E-state index is 0.232. The van der Waals surface area contributed by atoms with E-state index in [0.717, 1.165) is 31.4 Å². The molecular weight excluding hydrogens is 226 g/mol.